The molecule has 5 nitrogen and oxygen atoms in total. The second-order valence-corrected chi connectivity index (χ2v) is 5.92. The monoisotopic (exact) mass is 337 g/mol. The van der Waals surface area contributed by atoms with Crippen LogP contribution in [0.25, 0.3) is 27.6 Å². The zero-order valence-electron chi connectivity index (χ0n) is 12.7. The van der Waals surface area contributed by atoms with Crippen molar-refractivity contribution in [3.05, 3.63) is 80.5 Å². The third-order valence-electron chi connectivity index (χ3n) is 4.05. The van der Waals surface area contributed by atoms with Crippen LogP contribution in [-0.2, 0) is 7.05 Å². The summed E-state index contributed by atoms with van der Waals surface area (Å²) in [6.45, 7) is 0. The van der Waals surface area contributed by atoms with Crippen LogP contribution in [0.2, 0.25) is 5.02 Å². The molecule has 0 bridgehead atoms. The first-order valence-corrected chi connectivity index (χ1v) is 7.72. The van der Waals surface area contributed by atoms with Gasteiger partial charge in [0.1, 0.15) is 0 Å². The summed E-state index contributed by atoms with van der Waals surface area (Å²) in [4.78, 5) is 28.8. The number of nitrogens with zero attached hydrogens (tertiary/aromatic N) is 3. The molecule has 0 atom stereocenters. The number of hydrogen-bond donors (Lipinski definition) is 0. The second kappa shape index (κ2) is 5.32. The lowest BCUT2D eigenvalue weighted by Gasteiger charge is -2.06. The van der Waals surface area contributed by atoms with Gasteiger partial charge in [0.05, 0.1) is 10.9 Å². The van der Waals surface area contributed by atoms with Gasteiger partial charge in [-0.2, -0.15) is 4.98 Å². The van der Waals surface area contributed by atoms with Gasteiger partial charge in [-0.15, -0.1) is 0 Å². The Labute approximate surface area is 141 Å². The van der Waals surface area contributed by atoms with Gasteiger partial charge in [0.25, 0.3) is 5.56 Å². The van der Waals surface area contributed by atoms with E-state index in [0.29, 0.717) is 16.1 Å². The van der Waals surface area contributed by atoms with Gasteiger partial charge in [-0.05, 0) is 30.3 Å². The Bertz CT molecular complexity index is 1210. The Hall–Kier alpha value is -2.92. The van der Waals surface area contributed by atoms with Crippen LogP contribution < -0.4 is 11.2 Å². The topological polar surface area (TPSA) is 56.9 Å². The molecule has 4 aromatic rings. The standard InChI is InChI=1S/C18H12ClN3O2/c1-21-17(23)15-13-5-3-2-4-6-14(13)22(16(15)20-18(21)24)12-9-7-11(19)8-10-12/h2-10H,1H3. The number of fused-ring (bicyclic) bond motifs is 3. The fraction of sp³-hybridized carbons (Fsp3) is 0.0556. The number of benzene rings is 1. The fourth-order valence-corrected chi connectivity index (χ4v) is 3.00. The third kappa shape index (κ3) is 2.06. The molecular formula is C18H12ClN3O2. The van der Waals surface area contributed by atoms with E-state index >= 15 is 0 Å². The molecule has 0 spiro atoms. The Morgan fingerprint density at radius 2 is 1.67 bits per heavy atom. The van der Waals surface area contributed by atoms with E-state index < -0.39 is 5.69 Å². The normalized spacial score (nSPS) is 11.2. The first kappa shape index (κ1) is 14.7. The average molecular weight is 338 g/mol. The minimum atomic E-state index is -0.574. The van der Waals surface area contributed by atoms with Gasteiger partial charge in [-0.25, -0.2) is 4.79 Å². The lowest BCUT2D eigenvalue weighted by molar-refractivity contribution is 0.790. The second-order valence-electron chi connectivity index (χ2n) is 5.48. The highest BCUT2D eigenvalue weighted by Crippen LogP contribution is 2.28. The van der Waals surface area contributed by atoms with Gasteiger partial charge < -0.3 is 0 Å². The van der Waals surface area contributed by atoms with Gasteiger partial charge in [-0.3, -0.25) is 13.9 Å². The van der Waals surface area contributed by atoms with Crippen LogP contribution >= 0.6 is 11.6 Å². The molecule has 0 unspecified atom stereocenters. The van der Waals surface area contributed by atoms with Crippen molar-refractivity contribution in [1.29, 1.82) is 0 Å². The molecule has 6 heteroatoms. The molecule has 0 aliphatic heterocycles. The minimum absolute atomic E-state index is 0.353. The number of aromatic nitrogens is 3. The third-order valence-corrected chi connectivity index (χ3v) is 4.30. The Morgan fingerprint density at radius 1 is 0.958 bits per heavy atom. The smallest absolute Gasteiger partial charge is 0.294 e. The molecule has 0 amide bonds. The highest BCUT2D eigenvalue weighted by molar-refractivity contribution is 6.30. The van der Waals surface area contributed by atoms with E-state index in [1.54, 1.807) is 12.1 Å². The molecule has 4 rings (SSSR count). The van der Waals surface area contributed by atoms with Crippen molar-refractivity contribution in [2.75, 3.05) is 0 Å². The number of rotatable bonds is 1. The Morgan fingerprint density at radius 3 is 2.42 bits per heavy atom. The maximum absolute atomic E-state index is 12.7. The molecule has 0 radical (unpaired) electrons. The Balaban J connectivity index is 2.31. The average Bonchev–Trinajstić information content (AvgIpc) is 2.72. The Kier molecular flexibility index (Phi) is 3.25. The van der Waals surface area contributed by atoms with Gasteiger partial charge in [-0.1, -0.05) is 35.9 Å². The van der Waals surface area contributed by atoms with Crippen molar-refractivity contribution in [3.8, 4) is 5.69 Å². The van der Waals surface area contributed by atoms with Crippen molar-refractivity contribution in [1.82, 2.24) is 14.1 Å². The first-order chi connectivity index (χ1) is 11.6. The minimum Gasteiger partial charge on any atom is -0.294 e. The summed E-state index contributed by atoms with van der Waals surface area (Å²) in [5, 5.41) is 1.79. The van der Waals surface area contributed by atoms with Crippen molar-refractivity contribution < 1.29 is 0 Å². The predicted octanol–water partition coefficient (Wildman–Crippen LogP) is 2.89. The van der Waals surface area contributed by atoms with Crippen LogP contribution in [0.5, 0.6) is 0 Å². The summed E-state index contributed by atoms with van der Waals surface area (Å²) < 4.78 is 2.84. The maximum Gasteiger partial charge on any atom is 0.352 e. The summed E-state index contributed by atoms with van der Waals surface area (Å²) in [5.41, 5.74) is 1.01. The van der Waals surface area contributed by atoms with E-state index in [9.17, 15) is 9.59 Å². The van der Waals surface area contributed by atoms with Gasteiger partial charge in [0.15, 0.2) is 5.65 Å². The SMILES string of the molecule is Cn1c(=O)nc2c(c1=O)c1cccccc1n2-c1ccc(Cl)cc1. The zero-order chi connectivity index (χ0) is 16.8. The molecule has 118 valence electrons. The van der Waals surface area contributed by atoms with E-state index in [2.05, 4.69) is 4.98 Å². The van der Waals surface area contributed by atoms with E-state index in [0.717, 1.165) is 21.2 Å². The van der Waals surface area contributed by atoms with Crippen molar-refractivity contribution >= 4 is 33.5 Å². The zero-order valence-corrected chi connectivity index (χ0v) is 13.5. The fourth-order valence-electron chi connectivity index (χ4n) is 2.88. The predicted molar refractivity (Wildman–Crippen MR) is 95.1 cm³/mol. The molecule has 2 aromatic carbocycles. The summed E-state index contributed by atoms with van der Waals surface area (Å²) >= 11 is 5.97. The van der Waals surface area contributed by atoms with Crippen LogP contribution in [0.4, 0.5) is 0 Å². The van der Waals surface area contributed by atoms with Crippen LogP contribution in [0.1, 0.15) is 0 Å². The van der Waals surface area contributed by atoms with Crippen LogP contribution in [0.15, 0.2) is 64.2 Å². The van der Waals surface area contributed by atoms with Gasteiger partial charge in [0.2, 0.25) is 0 Å². The van der Waals surface area contributed by atoms with E-state index in [-0.39, 0.29) is 5.56 Å². The quantitative estimate of drug-likeness (QED) is 0.536. The van der Waals surface area contributed by atoms with E-state index in [1.165, 1.54) is 7.05 Å². The highest BCUT2D eigenvalue weighted by Gasteiger charge is 2.17. The molecular weight excluding hydrogens is 326 g/mol. The summed E-state index contributed by atoms with van der Waals surface area (Å²) in [7, 11) is 1.44. The molecule has 0 N–H and O–H groups in total. The highest BCUT2D eigenvalue weighted by atomic mass is 35.5. The molecule has 0 saturated heterocycles. The molecule has 2 aromatic heterocycles. The lowest BCUT2D eigenvalue weighted by atomic mass is 10.2. The summed E-state index contributed by atoms with van der Waals surface area (Å²) in [5.74, 6) is 0. The lowest BCUT2D eigenvalue weighted by Crippen LogP contribution is -2.32. The molecule has 0 fully saturated rings. The van der Waals surface area contributed by atoms with E-state index in [1.807, 2.05) is 47.0 Å². The van der Waals surface area contributed by atoms with Gasteiger partial charge in [0, 0.05) is 23.1 Å². The van der Waals surface area contributed by atoms with Crippen molar-refractivity contribution in [2.45, 2.75) is 0 Å². The van der Waals surface area contributed by atoms with Crippen LogP contribution in [0, 0.1) is 0 Å². The van der Waals surface area contributed by atoms with Crippen LogP contribution in [0.3, 0.4) is 0 Å². The van der Waals surface area contributed by atoms with Crippen LogP contribution in [-0.4, -0.2) is 14.1 Å². The molecule has 24 heavy (non-hydrogen) atoms. The van der Waals surface area contributed by atoms with E-state index in [4.69, 9.17) is 11.6 Å². The number of halogens is 1. The molecule has 0 aliphatic carbocycles. The molecule has 2 heterocycles. The largest absolute Gasteiger partial charge is 0.352 e. The first-order valence-electron chi connectivity index (χ1n) is 7.34. The molecule has 0 saturated carbocycles. The van der Waals surface area contributed by atoms with Crippen molar-refractivity contribution in [3.63, 3.8) is 0 Å². The molecule has 0 aliphatic rings. The number of hydrogen-bond acceptors (Lipinski definition) is 3. The maximum atomic E-state index is 12.7. The summed E-state index contributed by atoms with van der Waals surface area (Å²) in [6, 6.07) is 16.6. The van der Waals surface area contributed by atoms with Crippen molar-refractivity contribution in [2.24, 2.45) is 7.05 Å². The van der Waals surface area contributed by atoms with Gasteiger partial charge >= 0.3 is 5.69 Å². The summed E-state index contributed by atoms with van der Waals surface area (Å²) in [6.07, 6.45) is 0.